The van der Waals surface area contributed by atoms with Crippen LogP contribution in [0.4, 0.5) is 0 Å². The lowest BCUT2D eigenvalue weighted by Crippen LogP contribution is -2.57. The predicted molar refractivity (Wildman–Crippen MR) is 159 cm³/mol. The Bertz CT molecular complexity index is 1380. The van der Waals surface area contributed by atoms with Crippen molar-refractivity contribution in [2.24, 2.45) is 11.5 Å². The molecule has 4 atom stereocenters. The quantitative estimate of drug-likeness (QED) is 0.157. The molecule has 8 N–H and O–H groups in total. The number of carbonyl (C=O) groups excluding carboxylic acids is 3. The third-order valence-electron chi connectivity index (χ3n) is 7.75. The van der Waals surface area contributed by atoms with Crippen molar-refractivity contribution in [3.8, 4) is 0 Å². The number of amides is 3. The molecule has 0 bridgehead atoms. The summed E-state index contributed by atoms with van der Waals surface area (Å²) >= 11 is 0. The number of hydrogen-bond acceptors (Lipinski definition) is 6. The van der Waals surface area contributed by atoms with Gasteiger partial charge in [-0.15, -0.1) is 0 Å². The van der Waals surface area contributed by atoms with Gasteiger partial charge in [-0.25, -0.2) is 4.79 Å². The average molecular weight is 577 g/mol. The molecule has 11 heteroatoms. The number of nitrogens with zero attached hydrogens (tertiary/aromatic N) is 1. The molecular formula is C31H40N6O5. The zero-order valence-electron chi connectivity index (χ0n) is 23.6. The minimum absolute atomic E-state index is 0.161. The van der Waals surface area contributed by atoms with Gasteiger partial charge >= 0.3 is 5.97 Å². The molecule has 0 radical (unpaired) electrons. The Hall–Kier alpha value is -4.22. The highest BCUT2D eigenvalue weighted by Gasteiger charge is 2.38. The smallest absolute Gasteiger partial charge is 0.326 e. The van der Waals surface area contributed by atoms with Gasteiger partial charge in [0.15, 0.2) is 0 Å². The summed E-state index contributed by atoms with van der Waals surface area (Å²) in [6, 6.07) is 13.2. The fourth-order valence-electron chi connectivity index (χ4n) is 5.49. The van der Waals surface area contributed by atoms with E-state index in [1.54, 1.807) is 0 Å². The molecule has 0 spiro atoms. The van der Waals surface area contributed by atoms with E-state index in [2.05, 4.69) is 15.6 Å². The van der Waals surface area contributed by atoms with Crippen LogP contribution in [-0.4, -0.2) is 75.9 Å². The van der Waals surface area contributed by atoms with E-state index in [0.29, 0.717) is 45.2 Å². The molecule has 4 rings (SSSR count). The van der Waals surface area contributed by atoms with Gasteiger partial charge in [-0.1, -0.05) is 48.5 Å². The Morgan fingerprint density at radius 2 is 1.71 bits per heavy atom. The normalized spacial score (nSPS) is 17.0. The number of hydrogen-bond donors (Lipinski definition) is 6. The van der Waals surface area contributed by atoms with Crippen molar-refractivity contribution in [3.63, 3.8) is 0 Å². The van der Waals surface area contributed by atoms with E-state index in [-0.39, 0.29) is 18.7 Å². The molecule has 1 aliphatic rings. The van der Waals surface area contributed by atoms with E-state index in [9.17, 15) is 24.3 Å². The molecule has 1 aliphatic heterocycles. The third kappa shape index (κ3) is 7.74. The van der Waals surface area contributed by atoms with Gasteiger partial charge in [0, 0.05) is 30.1 Å². The van der Waals surface area contributed by atoms with Gasteiger partial charge in [-0.05, 0) is 62.3 Å². The Morgan fingerprint density at radius 3 is 2.45 bits per heavy atom. The van der Waals surface area contributed by atoms with Crippen LogP contribution in [0, 0.1) is 0 Å². The van der Waals surface area contributed by atoms with Gasteiger partial charge in [-0.2, -0.15) is 0 Å². The number of nitrogens with two attached hydrogens (primary N) is 2. The molecule has 42 heavy (non-hydrogen) atoms. The van der Waals surface area contributed by atoms with Gasteiger partial charge < -0.3 is 37.1 Å². The standard InChI is InChI=1S/C31H40N6O5/c32-15-7-6-13-25(31(41)42)35-28(38)26(17-20-9-2-1-3-10-20)36-29(39)27-14-8-16-37(27)30(40)23(33)18-21-19-34-24-12-5-4-11-22(21)24/h1-5,9-12,19,23,25-27,34H,6-8,13-18,32-33H2,(H,35,38)(H,36,39)(H,41,42). The molecule has 0 aliphatic carbocycles. The number of nitrogens with one attached hydrogen (secondary N) is 3. The molecule has 2 aromatic carbocycles. The fraction of sp³-hybridized carbons (Fsp3) is 0.419. The monoisotopic (exact) mass is 576 g/mol. The molecule has 1 saturated heterocycles. The van der Waals surface area contributed by atoms with Crippen molar-refractivity contribution >= 4 is 34.6 Å². The lowest BCUT2D eigenvalue weighted by molar-refractivity contribution is -0.143. The summed E-state index contributed by atoms with van der Waals surface area (Å²) < 4.78 is 0. The number of aromatic amines is 1. The van der Waals surface area contributed by atoms with E-state index < -0.39 is 42.0 Å². The first-order chi connectivity index (χ1) is 20.3. The minimum atomic E-state index is -1.15. The van der Waals surface area contributed by atoms with E-state index in [1.807, 2.05) is 60.8 Å². The third-order valence-corrected chi connectivity index (χ3v) is 7.75. The summed E-state index contributed by atoms with van der Waals surface area (Å²) in [6.07, 6.45) is 4.79. The van der Waals surface area contributed by atoms with Crippen molar-refractivity contribution in [1.82, 2.24) is 20.5 Å². The zero-order valence-corrected chi connectivity index (χ0v) is 23.6. The Balaban J connectivity index is 1.45. The Labute approximate surface area is 245 Å². The summed E-state index contributed by atoms with van der Waals surface area (Å²) in [7, 11) is 0. The number of carboxylic acid groups (broad SMARTS) is 1. The van der Waals surface area contributed by atoms with Crippen LogP contribution in [0.1, 0.15) is 43.2 Å². The number of benzene rings is 2. The van der Waals surface area contributed by atoms with Gasteiger partial charge in [-0.3, -0.25) is 14.4 Å². The van der Waals surface area contributed by atoms with Crippen molar-refractivity contribution in [2.45, 2.75) is 69.1 Å². The molecule has 3 amide bonds. The number of aromatic nitrogens is 1. The lowest BCUT2D eigenvalue weighted by Gasteiger charge is -2.29. The largest absolute Gasteiger partial charge is 0.480 e. The molecule has 2 heterocycles. The molecule has 4 unspecified atom stereocenters. The maximum atomic E-state index is 13.5. The highest BCUT2D eigenvalue weighted by Crippen LogP contribution is 2.22. The second kappa shape index (κ2) is 14.6. The van der Waals surface area contributed by atoms with Crippen LogP contribution in [0.25, 0.3) is 10.9 Å². The van der Waals surface area contributed by atoms with Crippen LogP contribution >= 0.6 is 0 Å². The van der Waals surface area contributed by atoms with Crippen LogP contribution in [0.2, 0.25) is 0 Å². The maximum Gasteiger partial charge on any atom is 0.326 e. The van der Waals surface area contributed by atoms with E-state index in [1.165, 1.54) is 4.90 Å². The summed E-state index contributed by atoms with van der Waals surface area (Å²) in [6.45, 7) is 0.811. The number of likely N-dealkylation sites (tertiary alicyclic amines) is 1. The first-order valence-corrected chi connectivity index (χ1v) is 14.5. The molecule has 0 saturated carbocycles. The topological polar surface area (TPSA) is 184 Å². The number of fused-ring (bicyclic) bond motifs is 1. The number of carbonyl (C=O) groups is 4. The maximum absolute atomic E-state index is 13.5. The molecule has 3 aromatic rings. The predicted octanol–water partition coefficient (Wildman–Crippen LogP) is 1.45. The highest BCUT2D eigenvalue weighted by atomic mass is 16.4. The molecule has 224 valence electrons. The van der Waals surface area contributed by atoms with Crippen molar-refractivity contribution in [2.75, 3.05) is 13.1 Å². The fourth-order valence-corrected chi connectivity index (χ4v) is 5.49. The lowest BCUT2D eigenvalue weighted by atomic mass is 10.0. The van der Waals surface area contributed by atoms with Crippen LogP contribution < -0.4 is 22.1 Å². The Kier molecular flexibility index (Phi) is 10.7. The van der Waals surface area contributed by atoms with Crippen molar-refractivity contribution in [3.05, 3.63) is 71.9 Å². The first-order valence-electron chi connectivity index (χ1n) is 14.5. The Morgan fingerprint density at radius 1 is 0.976 bits per heavy atom. The zero-order chi connectivity index (χ0) is 30.1. The van der Waals surface area contributed by atoms with Crippen molar-refractivity contribution in [1.29, 1.82) is 0 Å². The second-order valence-corrected chi connectivity index (χ2v) is 10.8. The summed E-state index contributed by atoms with van der Waals surface area (Å²) in [4.78, 5) is 56.8. The summed E-state index contributed by atoms with van der Waals surface area (Å²) in [5.74, 6) is -2.54. The molecule has 1 aromatic heterocycles. The highest BCUT2D eigenvalue weighted by molar-refractivity contribution is 5.95. The van der Waals surface area contributed by atoms with E-state index >= 15 is 0 Å². The first kappa shape index (κ1) is 30.7. The van der Waals surface area contributed by atoms with Crippen LogP contribution in [0.15, 0.2) is 60.8 Å². The number of para-hydroxylation sites is 1. The van der Waals surface area contributed by atoms with Crippen LogP contribution in [0.3, 0.4) is 0 Å². The number of carboxylic acids is 1. The summed E-state index contributed by atoms with van der Waals surface area (Å²) in [5.41, 5.74) is 14.6. The number of aliphatic carboxylic acids is 1. The van der Waals surface area contributed by atoms with Crippen LogP contribution in [0.5, 0.6) is 0 Å². The second-order valence-electron chi connectivity index (χ2n) is 10.8. The van der Waals surface area contributed by atoms with E-state index in [4.69, 9.17) is 11.5 Å². The van der Waals surface area contributed by atoms with Crippen molar-refractivity contribution < 1.29 is 24.3 Å². The summed E-state index contributed by atoms with van der Waals surface area (Å²) in [5, 5.41) is 16.0. The van der Waals surface area contributed by atoms with E-state index in [0.717, 1.165) is 22.0 Å². The van der Waals surface area contributed by atoms with Gasteiger partial charge in [0.2, 0.25) is 17.7 Å². The minimum Gasteiger partial charge on any atom is -0.480 e. The van der Waals surface area contributed by atoms with Gasteiger partial charge in [0.05, 0.1) is 6.04 Å². The molecule has 1 fully saturated rings. The molecule has 11 nitrogen and oxygen atoms in total. The molecular weight excluding hydrogens is 536 g/mol. The SMILES string of the molecule is NCCCCC(NC(=O)C(Cc1ccccc1)NC(=O)C1CCCN1C(=O)C(N)Cc1c[nH]c2ccccc12)C(=O)O. The number of unbranched alkanes of at least 4 members (excludes halogenated alkanes) is 1. The van der Waals surface area contributed by atoms with Crippen LogP contribution in [-0.2, 0) is 32.0 Å². The number of H-pyrrole nitrogens is 1. The average Bonchev–Trinajstić information content (AvgIpc) is 3.64. The van der Waals surface area contributed by atoms with Gasteiger partial charge in [0.1, 0.15) is 18.1 Å². The number of rotatable bonds is 14. The van der Waals surface area contributed by atoms with Gasteiger partial charge in [0.25, 0.3) is 0 Å².